The Bertz CT molecular complexity index is 511. The summed E-state index contributed by atoms with van der Waals surface area (Å²) in [5, 5.41) is 5.56. The number of rotatable bonds is 5. The van der Waals surface area contributed by atoms with Crippen LogP contribution in [0.5, 0.6) is 0 Å². The van der Waals surface area contributed by atoms with Crippen LogP contribution >= 0.6 is 11.8 Å². The van der Waals surface area contributed by atoms with Crippen LogP contribution in [0, 0.1) is 0 Å². The lowest BCUT2D eigenvalue weighted by molar-refractivity contribution is 0.675. The summed E-state index contributed by atoms with van der Waals surface area (Å²) >= 11 is 1.62. The van der Waals surface area contributed by atoms with Gasteiger partial charge in [-0.3, -0.25) is 0 Å². The van der Waals surface area contributed by atoms with E-state index >= 15 is 0 Å². The van der Waals surface area contributed by atoms with Crippen molar-refractivity contribution in [2.75, 3.05) is 0 Å². The largest absolute Gasteiger partial charge is 0.310 e. The SMILES string of the molecule is c1ccc(Sc2ncccc2CNC2CC2)nc1. The first kappa shape index (κ1) is 11.7. The maximum absolute atomic E-state index is 4.46. The molecule has 3 nitrogen and oxygen atoms in total. The van der Waals surface area contributed by atoms with Crippen LogP contribution in [0.1, 0.15) is 18.4 Å². The highest BCUT2D eigenvalue weighted by Crippen LogP contribution is 2.27. The highest BCUT2D eigenvalue weighted by atomic mass is 32.2. The molecule has 1 aliphatic rings. The molecule has 0 amide bonds. The van der Waals surface area contributed by atoms with Gasteiger partial charge in [0.05, 0.1) is 0 Å². The molecule has 0 radical (unpaired) electrons. The van der Waals surface area contributed by atoms with Crippen molar-refractivity contribution < 1.29 is 0 Å². The first-order valence-corrected chi connectivity index (χ1v) is 6.99. The van der Waals surface area contributed by atoms with Gasteiger partial charge in [-0.25, -0.2) is 9.97 Å². The Balaban J connectivity index is 1.73. The molecule has 0 bridgehead atoms. The molecule has 2 aromatic rings. The highest BCUT2D eigenvalue weighted by molar-refractivity contribution is 7.99. The number of hydrogen-bond acceptors (Lipinski definition) is 4. The fourth-order valence-electron chi connectivity index (χ4n) is 1.70. The minimum atomic E-state index is 0.720. The van der Waals surface area contributed by atoms with Crippen molar-refractivity contribution in [1.82, 2.24) is 15.3 Å². The Kier molecular flexibility index (Phi) is 3.57. The Morgan fingerprint density at radius 1 is 1.11 bits per heavy atom. The normalized spacial score (nSPS) is 14.7. The molecular weight excluding hydrogens is 242 g/mol. The van der Waals surface area contributed by atoms with E-state index in [1.54, 1.807) is 11.8 Å². The van der Waals surface area contributed by atoms with E-state index < -0.39 is 0 Å². The zero-order valence-electron chi connectivity index (χ0n) is 10.0. The van der Waals surface area contributed by atoms with Crippen LogP contribution in [-0.4, -0.2) is 16.0 Å². The van der Waals surface area contributed by atoms with Crippen molar-refractivity contribution in [1.29, 1.82) is 0 Å². The van der Waals surface area contributed by atoms with E-state index in [0.717, 1.165) is 22.6 Å². The van der Waals surface area contributed by atoms with Gasteiger partial charge in [0.1, 0.15) is 10.1 Å². The van der Waals surface area contributed by atoms with Crippen LogP contribution < -0.4 is 5.32 Å². The second kappa shape index (κ2) is 5.50. The molecule has 1 N–H and O–H groups in total. The summed E-state index contributed by atoms with van der Waals surface area (Å²) in [7, 11) is 0. The van der Waals surface area contributed by atoms with Crippen molar-refractivity contribution in [2.45, 2.75) is 35.5 Å². The maximum atomic E-state index is 4.46. The summed E-state index contributed by atoms with van der Waals surface area (Å²) in [6.07, 6.45) is 6.27. The van der Waals surface area contributed by atoms with Crippen molar-refractivity contribution >= 4 is 11.8 Å². The van der Waals surface area contributed by atoms with Gasteiger partial charge < -0.3 is 5.32 Å². The molecule has 0 unspecified atom stereocenters. The highest BCUT2D eigenvalue weighted by Gasteiger charge is 2.20. The van der Waals surface area contributed by atoms with Gasteiger partial charge in [0.15, 0.2) is 0 Å². The first-order valence-electron chi connectivity index (χ1n) is 6.18. The Morgan fingerprint density at radius 3 is 2.78 bits per heavy atom. The Hall–Kier alpha value is -1.39. The lowest BCUT2D eigenvalue weighted by Gasteiger charge is -2.08. The van der Waals surface area contributed by atoms with Crippen molar-refractivity contribution in [2.24, 2.45) is 0 Å². The second-order valence-corrected chi connectivity index (χ2v) is 5.40. The average Bonchev–Trinajstić information content (AvgIpc) is 3.23. The fourth-order valence-corrected chi connectivity index (χ4v) is 2.54. The summed E-state index contributed by atoms with van der Waals surface area (Å²) < 4.78 is 0. The van der Waals surface area contributed by atoms with Crippen molar-refractivity contribution in [3.63, 3.8) is 0 Å². The molecule has 1 aliphatic carbocycles. The molecule has 0 atom stereocenters. The van der Waals surface area contributed by atoms with Crippen molar-refractivity contribution in [3.05, 3.63) is 48.3 Å². The lowest BCUT2D eigenvalue weighted by Crippen LogP contribution is -2.16. The van der Waals surface area contributed by atoms with Gasteiger partial charge in [-0.1, -0.05) is 12.1 Å². The molecule has 4 heteroatoms. The van der Waals surface area contributed by atoms with Crippen LogP contribution in [0.3, 0.4) is 0 Å². The van der Waals surface area contributed by atoms with Crippen LogP contribution in [0.4, 0.5) is 0 Å². The quantitative estimate of drug-likeness (QED) is 0.893. The van der Waals surface area contributed by atoms with Gasteiger partial charge in [-0.2, -0.15) is 0 Å². The smallest absolute Gasteiger partial charge is 0.107 e. The summed E-state index contributed by atoms with van der Waals surface area (Å²) in [6.45, 7) is 0.897. The number of aromatic nitrogens is 2. The monoisotopic (exact) mass is 257 g/mol. The predicted octanol–water partition coefficient (Wildman–Crippen LogP) is 2.88. The van der Waals surface area contributed by atoms with E-state index in [0.29, 0.717) is 0 Å². The maximum Gasteiger partial charge on any atom is 0.107 e. The molecule has 92 valence electrons. The van der Waals surface area contributed by atoms with Crippen LogP contribution in [-0.2, 0) is 6.54 Å². The summed E-state index contributed by atoms with van der Waals surface area (Å²) in [6, 6.07) is 10.8. The molecular formula is C14H15N3S. The average molecular weight is 257 g/mol. The van der Waals surface area contributed by atoms with E-state index in [1.807, 2.05) is 36.7 Å². The number of nitrogens with zero attached hydrogens (tertiary/aromatic N) is 2. The van der Waals surface area contributed by atoms with Crippen LogP contribution in [0.25, 0.3) is 0 Å². The third-order valence-corrected chi connectivity index (χ3v) is 3.86. The topological polar surface area (TPSA) is 37.8 Å². The van der Waals surface area contributed by atoms with Gasteiger partial charge in [0.25, 0.3) is 0 Å². The predicted molar refractivity (Wildman–Crippen MR) is 72.5 cm³/mol. The third kappa shape index (κ3) is 3.09. The number of nitrogens with one attached hydrogen (secondary N) is 1. The number of hydrogen-bond donors (Lipinski definition) is 1. The molecule has 0 aromatic carbocycles. The summed E-state index contributed by atoms with van der Waals surface area (Å²) in [4.78, 5) is 8.78. The fraction of sp³-hybridized carbons (Fsp3) is 0.286. The molecule has 0 saturated heterocycles. The van der Waals surface area contributed by atoms with Gasteiger partial charge in [0.2, 0.25) is 0 Å². The van der Waals surface area contributed by atoms with E-state index in [4.69, 9.17) is 0 Å². The van der Waals surface area contributed by atoms with E-state index in [2.05, 4.69) is 21.4 Å². The van der Waals surface area contributed by atoms with Gasteiger partial charge >= 0.3 is 0 Å². The lowest BCUT2D eigenvalue weighted by atomic mass is 10.3. The van der Waals surface area contributed by atoms with Gasteiger partial charge in [-0.15, -0.1) is 0 Å². The van der Waals surface area contributed by atoms with Crippen molar-refractivity contribution in [3.8, 4) is 0 Å². The van der Waals surface area contributed by atoms with Gasteiger partial charge in [-0.05, 0) is 48.4 Å². The van der Waals surface area contributed by atoms with Gasteiger partial charge in [0, 0.05) is 25.0 Å². The molecule has 1 saturated carbocycles. The molecule has 1 fully saturated rings. The summed E-state index contributed by atoms with van der Waals surface area (Å²) in [5.74, 6) is 0. The molecule has 0 aliphatic heterocycles. The van der Waals surface area contributed by atoms with E-state index in [1.165, 1.54) is 18.4 Å². The zero-order chi connectivity index (χ0) is 12.2. The second-order valence-electron chi connectivity index (χ2n) is 4.39. The zero-order valence-corrected chi connectivity index (χ0v) is 10.9. The van der Waals surface area contributed by atoms with Crippen LogP contribution in [0.15, 0.2) is 52.8 Å². The molecule has 2 heterocycles. The van der Waals surface area contributed by atoms with E-state index in [-0.39, 0.29) is 0 Å². The number of pyridine rings is 2. The minimum Gasteiger partial charge on any atom is -0.310 e. The van der Waals surface area contributed by atoms with E-state index in [9.17, 15) is 0 Å². The first-order chi connectivity index (χ1) is 8.92. The molecule has 3 rings (SSSR count). The summed E-state index contributed by atoms with van der Waals surface area (Å²) in [5.41, 5.74) is 1.25. The Labute approximate surface area is 111 Å². The molecule has 2 aromatic heterocycles. The Morgan fingerprint density at radius 2 is 2.00 bits per heavy atom. The third-order valence-electron chi connectivity index (χ3n) is 2.85. The minimum absolute atomic E-state index is 0.720. The molecule has 18 heavy (non-hydrogen) atoms. The molecule has 0 spiro atoms. The van der Waals surface area contributed by atoms with Crippen LogP contribution in [0.2, 0.25) is 0 Å². The standard InChI is InChI=1S/C14H15N3S/c1-2-8-15-13(5-1)18-14-11(4-3-9-16-14)10-17-12-6-7-12/h1-5,8-9,12,17H,6-7,10H2.